The molecule has 1 aromatic rings. The molecule has 1 unspecified atom stereocenters. The number of nitrogens with one attached hydrogen (secondary N) is 2. The number of benzene rings is 1. The minimum absolute atomic E-state index is 0. The van der Waals surface area contributed by atoms with Gasteiger partial charge in [-0.25, -0.2) is 17.5 Å². The molecule has 1 aliphatic rings. The summed E-state index contributed by atoms with van der Waals surface area (Å²) in [5.74, 6) is -0.729. The Bertz CT molecular complexity index is 679. The number of sulfonamides is 1. The van der Waals surface area contributed by atoms with Crippen molar-refractivity contribution in [3.05, 3.63) is 29.6 Å². The van der Waals surface area contributed by atoms with Crippen molar-refractivity contribution in [2.24, 2.45) is 0 Å². The van der Waals surface area contributed by atoms with Crippen molar-refractivity contribution in [1.29, 1.82) is 0 Å². The van der Waals surface area contributed by atoms with E-state index in [-0.39, 0.29) is 31.1 Å². The number of hydrogen-bond acceptors (Lipinski definition) is 4. The summed E-state index contributed by atoms with van der Waals surface area (Å²) in [5.41, 5.74) is 0.253. The first-order valence-corrected chi connectivity index (χ1v) is 8.87. The van der Waals surface area contributed by atoms with Gasteiger partial charge < -0.3 is 5.32 Å². The van der Waals surface area contributed by atoms with E-state index in [0.717, 1.165) is 12.1 Å². The highest BCUT2D eigenvalue weighted by molar-refractivity contribution is 7.89. The van der Waals surface area contributed by atoms with Crippen LogP contribution in [0.25, 0.3) is 0 Å². The van der Waals surface area contributed by atoms with E-state index in [4.69, 9.17) is 0 Å². The highest BCUT2D eigenvalue weighted by Gasteiger charge is 2.44. The van der Waals surface area contributed by atoms with Crippen LogP contribution < -0.4 is 10.0 Å². The Hall–Kier alpha value is -0.940. The van der Waals surface area contributed by atoms with E-state index >= 15 is 0 Å². The summed E-state index contributed by atoms with van der Waals surface area (Å²) in [6, 6.07) is 1.30. The predicted octanol–water partition coefficient (Wildman–Crippen LogP) is 1.67. The smallest absolute Gasteiger partial charge is 0.314 e. The fourth-order valence-electron chi connectivity index (χ4n) is 2.46. The third-order valence-corrected chi connectivity index (χ3v) is 5.31. The average molecular weight is 406 g/mol. The summed E-state index contributed by atoms with van der Waals surface area (Å²) in [6.45, 7) is 1.80. The lowest BCUT2D eigenvalue weighted by molar-refractivity contribution is -0.182. The number of halogens is 5. The highest BCUT2D eigenvalue weighted by Crippen LogP contribution is 2.25. The molecule has 5 nitrogen and oxygen atoms in total. The fraction of sp³-hybridized carbons (Fsp3) is 0.571. The second-order valence-corrected chi connectivity index (χ2v) is 7.37. The molecule has 0 spiro atoms. The summed E-state index contributed by atoms with van der Waals surface area (Å²) >= 11 is 0. The molecule has 1 atom stereocenters. The quantitative estimate of drug-likeness (QED) is 0.732. The van der Waals surface area contributed by atoms with Gasteiger partial charge in [-0.2, -0.15) is 13.2 Å². The highest BCUT2D eigenvalue weighted by atomic mass is 35.5. The predicted molar refractivity (Wildman–Crippen MR) is 87.9 cm³/mol. The lowest BCUT2D eigenvalue weighted by atomic mass is 10.2. The standard InChI is InChI=1S/C14H19F4N3O2S.ClH/c1-10-2-3-11(8-12(10)15)24(22,23)20-9-13(14(16,17)18)21-6-4-19-5-7-21;/h2-3,8,13,19-20H,4-7,9H2,1H3;1H. The third kappa shape index (κ3) is 5.78. The number of hydrogen-bond donors (Lipinski definition) is 2. The van der Waals surface area contributed by atoms with Gasteiger partial charge in [0, 0.05) is 32.7 Å². The molecule has 25 heavy (non-hydrogen) atoms. The van der Waals surface area contributed by atoms with Crippen LogP contribution in [0.15, 0.2) is 23.1 Å². The van der Waals surface area contributed by atoms with Gasteiger partial charge in [0.05, 0.1) is 4.90 Å². The number of aryl methyl sites for hydroxylation is 1. The third-order valence-electron chi connectivity index (χ3n) is 3.89. The van der Waals surface area contributed by atoms with Gasteiger partial charge in [0.1, 0.15) is 11.9 Å². The molecule has 2 rings (SSSR count). The van der Waals surface area contributed by atoms with Crippen LogP contribution in [0, 0.1) is 12.7 Å². The Morgan fingerprint density at radius 1 is 1.28 bits per heavy atom. The Morgan fingerprint density at radius 3 is 2.40 bits per heavy atom. The lowest BCUT2D eigenvalue weighted by Crippen LogP contribution is -2.57. The van der Waals surface area contributed by atoms with E-state index < -0.39 is 39.5 Å². The van der Waals surface area contributed by atoms with Gasteiger partial charge in [-0.1, -0.05) is 6.07 Å². The maximum absolute atomic E-state index is 13.5. The van der Waals surface area contributed by atoms with Gasteiger partial charge in [0.15, 0.2) is 0 Å². The normalized spacial score (nSPS) is 17.8. The Kier molecular flexibility index (Phi) is 7.63. The van der Waals surface area contributed by atoms with Gasteiger partial charge in [0.25, 0.3) is 0 Å². The van der Waals surface area contributed by atoms with E-state index in [1.54, 1.807) is 0 Å². The Balaban J connectivity index is 0.00000312. The van der Waals surface area contributed by atoms with Crippen molar-refractivity contribution < 1.29 is 26.0 Å². The van der Waals surface area contributed by atoms with Gasteiger partial charge in [-0.15, -0.1) is 12.4 Å². The van der Waals surface area contributed by atoms with E-state index in [9.17, 15) is 26.0 Å². The van der Waals surface area contributed by atoms with Crippen molar-refractivity contribution in [3.8, 4) is 0 Å². The lowest BCUT2D eigenvalue weighted by Gasteiger charge is -2.35. The maximum atomic E-state index is 13.5. The summed E-state index contributed by atoms with van der Waals surface area (Å²) in [5, 5.41) is 2.94. The molecule has 2 N–H and O–H groups in total. The van der Waals surface area contributed by atoms with E-state index in [1.807, 2.05) is 4.72 Å². The molecule has 0 amide bonds. The van der Waals surface area contributed by atoms with Crippen molar-refractivity contribution in [2.75, 3.05) is 32.7 Å². The average Bonchev–Trinajstić information content (AvgIpc) is 2.49. The zero-order chi connectivity index (χ0) is 18.0. The fourth-order valence-corrected chi connectivity index (χ4v) is 3.51. The largest absolute Gasteiger partial charge is 0.405 e. The van der Waals surface area contributed by atoms with Gasteiger partial charge in [-0.05, 0) is 24.6 Å². The number of nitrogens with zero attached hydrogens (tertiary/aromatic N) is 1. The first kappa shape index (κ1) is 22.1. The molecule has 0 bridgehead atoms. The molecule has 0 aromatic heterocycles. The van der Waals surface area contributed by atoms with E-state index in [1.165, 1.54) is 17.9 Å². The molecule has 1 saturated heterocycles. The number of rotatable bonds is 5. The summed E-state index contributed by atoms with van der Waals surface area (Å²) in [4.78, 5) is 0.793. The summed E-state index contributed by atoms with van der Waals surface area (Å²) in [6.07, 6.45) is -4.57. The molecule has 0 aliphatic carbocycles. The Morgan fingerprint density at radius 2 is 1.88 bits per heavy atom. The van der Waals surface area contributed by atoms with Gasteiger partial charge >= 0.3 is 6.18 Å². The van der Waals surface area contributed by atoms with Crippen LogP contribution in [0.2, 0.25) is 0 Å². The zero-order valence-corrected chi connectivity index (χ0v) is 15.1. The van der Waals surface area contributed by atoms with Crippen molar-refractivity contribution in [2.45, 2.75) is 24.0 Å². The van der Waals surface area contributed by atoms with Crippen LogP contribution in [-0.4, -0.2) is 58.3 Å². The van der Waals surface area contributed by atoms with Crippen LogP contribution >= 0.6 is 12.4 Å². The van der Waals surface area contributed by atoms with Crippen LogP contribution in [0.3, 0.4) is 0 Å². The number of piperazine rings is 1. The second-order valence-electron chi connectivity index (χ2n) is 5.61. The van der Waals surface area contributed by atoms with Crippen molar-refractivity contribution >= 4 is 22.4 Å². The Labute approximate surface area is 150 Å². The molecule has 1 fully saturated rings. The molecule has 0 radical (unpaired) electrons. The molecular formula is C14H20ClF4N3O2S. The van der Waals surface area contributed by atoms with E-state index in [0.29, 0.717) is 13.1 Å². The minimum atomic E-state index is -4.57. The van der Waals surface area contributed by atoms with Crippen LogP contribution in [0.1, 0.15) is 5.56 Å². The van der Waals surface area contributed by atoms with E-state index in [2.05, 4.69) is 5.32 Å². The molecule has 11 heteroatoms. The number of alkyl halides is 3. The topological polar surface area (TPSA) is 61.4 Å². The summed E-state index contributed by atoms with van der Waals surface area (Å²) in [7, 11) is -4.23. The second kappa shape index (κ2) is 8.63. The molecular weight excluding hydrogens is 386 g/mol. The van der Waals surface area contributed by atoms with Crippen LogP contribution in [-0.2, 0) is 10.0 Å². The zero-order valence-electron chi connectivity index (χ0n) is 13.4. The SMILES string of the molecule is Cc1ccc(S(=O)(=O)NCC(N2CCNCC2)C(F)(F)F)cc1F.Cl. The monoisotopic (exact) mass is 405 g/mol. The van der Waals surface area contributed by atoms with Crippen LogP contribution in [0.4, 0.5) is 17.6 Å². The van der Waals surface area contributed by atoms with Crippen molar-refractivity contribution in [3.63, 3.8) is 0 Å². The molecule has 1 heterocycles. The van der Waals surface area contributed by atoms with Crippen molar-refractivity contribution in [1.82, 2.24) is 14.9 Å². The van der Waals surface area contributed by atoms with Gasteiger partial charge in [0.2, 0.25) is 10.0 Å². The first-order chi connectivity index (χ1) is 11.1. The molecule has 144 valence electrons. The maximum Gasteiger partial charge on any atom is 0.405 e. The summed E-state index contributed by atoms with van der Waals surface area (Å²) < 4.78 is 79.4. The minimum Gasteiger partial charge on any atom is -0.314 e. The first-order valence-electron chi connectivity index (χ1n) is 7.38. The molecule has 1 aliphatic heterocycles. The molecule has 0 saturated carbocycles. The van der Waals surface area contributed by atoms with Gasteiger partial charge in [-0.3, -0.25) is 4.90 Å². The van der Waals surface area contributed by atoms with Crippen LogP contribution in [0.5, 0.6) is 0 Å². The molecule has 1 aromatic carbocycles.